The van der Waals surface area contributed by atoms with Gasteiger partial charge in [0, 0.05) is 43.4 Å². The Kier molecular flexibility index (Phi) is 4.64. The third kappa shape index (κ3) is 3.54. The minimum atomic E-state index is 0.593. The molecule has 0 bridgehead atoms. The van der Waals surface area contributed by atoms with E-state index in [-0.39, 0.29) is 0 Å². The highest BCUT2D eigenvalue weighted by Gasteiger charge is 2.21. The standard InChI is InChI=1S/C16H23BrN2O/c1-19(14-6-8-20-9-7-14)16-5-2-12(10-15(16)17)11-18-13-3-4-13/h2,5,10,13-14,18H,3-4,6-9,11H2,1H3. The number of halogens is 1. The highest BCUT2D eigenvalue weighted by atomic mass is 79.9. The van der Waals surface area contributed by atoms with Crippen molar-refractivity contribution >= 4 is 21.6 Å². The van der Waals surface area contributed by atoms with Crippen molar-refractivity contribution < 1.29 is 4.74 Å². The minimum absolute atomic E-state index is 0.593. The van der Waals surface area contributed by atoms with Crippen molar-refractivity contribution in [2.45, 2.75) is 44.3 Å². The van der Waals surface area contributed by atoms with Crippen LogP contribution in [0.5, 0.6) is 0 Å². The summed E-state index contributed by atoms with van der Waals surface area (Å²) in [4.78, 5) is 2.39. The Morgan fingerprint density at radius 1 is 1.25 bits per heavy atom. The first-order valence-corrected chi connectivity index (χ1v) is 8.36. The maximum Gasteiger partial charge on any atom is 0.0510 e. The van der Waals surface area contributed by atoms with Crippen LogP contribution in [-0.2, 0) is 11.3 Å². The monoisotopic (exact) mass is 338 g/mol. The van der Waals surface area contributed by atoms with E-state index in [4.69, 9.17) is 4.74 Å². The number of hydrogen-bond donors (Lipinski definition) is 1. The molecular weight excluding hydrogens is 316 g/mol. The lowest BCUT2D eigenvalue weighted by molar-refractivity contribution is 0.0854. The van der Waals surface area contributed by atoms with Gasteiger partial charge in [-0.15, -0.1) is 0 Å². The molecule has 0 radical (unpaired) electrons. The van der Waals surface area contributed by atoms with E-state index in [2.05, 4.69) is 51.4 Å². The first-order valence-electron chi connectivity index (χ1n) is 7.56. The predicted octanol–water partition coefficient (Wildman–Crippen LogP) is 3.32. The van der Waals surface area contributed by atoms with E-state index in [9.17, 15) is 0 Å². The van der Waals surface area contributed by atoms with Gasteiger partial charge in [0.05, 0.1) is 5.69 Å². The Labute approximate surface area is 129 Å². The molecule has 1 heterocycles. The molecule has 3 nitrogen and oxygen atoms in total. The van der Waals surface area contributed by atoms with Crippen molar-refractivity contribution in [3.63, 3.8) is 0 Å². The van der Waals surface area contributed by atoms with Crippen molar-refractivity contribution in [1.82, 2.24) is 5.32 Å². The molecule has 3 rings (SSSR count). The van der Waals surface area contributed by atoms with E-state index < -0.39 is 0 Å². The van der Waals surface area contributed by atoms with Gasteiger partial charge in [-0.25, -0.2) is 0 Å². The normalized spacial score (nSPS) is 20.1. The average Bonchev–Trinajstić information content (AvgIpc) is 3.30. The van der Waals surface area contributed by atoms with E-state index in [1.807, 2.05) is 0 Å². The summed E-state index contributed by atoms with van der Waals surface area (Å²) >= 11 is 3.74. The highest BCUT2D eigenvalue weighted by molar-refractivity contribution is 9.10. The Morgan fingerprint density at radius 2 is 2.00 bits per heavy atom. The summed E-state index contributed by atoms with van der Waals surface area (Å²) in [7, 11) is 2.19. The summed E-state index contributed by atoms with van der Waals surface area (Å²) in [5, 5.41) is 3.56. The van der Waals surface area contributed by atoms with Crippen LogP contribution >= 0.6 is 15.9 Å². The molecule has 0 amide bonds. The van der Waals surface area contributed by atoms with Crippen LogP contribution in [0.1, 0.15) is 31.2 Å². The zero-order valence-electron chi connectivity index (χ0n) is 12.1. The van der Waals surface area contributed by atoms with Crippen LogP contribution in [0.3, 0.4) is 0 Å². The molecule has 1 aromatic carbocycles. The van der Waals surface area contributed by atoms with Crippen molar-refractivity contribution in [2.24, 2.45) is 0 Å². The summed E-state index contributed by atoms with van der Waals surface area (Å²) in [6.07, 6.45) is 4.92. The van der Waals surface area contributed by atoms with Gasteiger partial charge in [-0.1, -0.05) is 6.07 Å². The van der Waals surface area contributed by atoms with Crippen molar-refractivity contribution in [1.29, 1.82) is 0 Å². The molecule has 1 saturated heterocycles. The fourth-order valence-corrected chi connectivity index (χ4v) is 3.47. The maximum atomic E-state index is 5.45. The van der Waals surface area contributed by atoms with E-state index in [0.717, 1.165) is 38.6 Å². The van der Waals surface area contributed by atoms with Crippen molar-refractivity contribution in [3.8, 4) is 0 Å². The molecule has 4 heteroatoms. The third-order valence-corrected chi connectivity index (χ3v) is 4.94. The molecule has 1 aliphatic carbocycles. The second-order valence-corrected chi connectivity index (χ2v) is 6.75. The van der Waals surface area contributed by atoms with Crippen molar-refractivity contribution in [2.75, 3.05) is 25.2 Å². The van der Waals surface area contributed by atoms with Gasteiger partial charge < -0.3 is 15.0 Å². The molecule has 0 unspecified atom stereocenters. The van der Waals surface area contributed by atoms with Crippen LogP contribution in [0.4, 0.5) is 5.69 Å². The van der Waals surface area contributed by atoms with Gasteiger partial charge in [0.1, 0.15) is 0 Å². The molecule has 0 spiro atoms. The molecule has 0 aromatic heterocycles. The van der Waals surface area contributed by atoms with Crippen LogP contribution in [-0.4, -0.2) is 32.3 Å². The number of hydrogen-bond acceptors (Lipinski definition) is 3. The maximum absolute atomic E-state index is 5.45. The first-order chi connectivity index (χ1) is 9.74. The van der Waals surface area contributed by atoms with Gasteiger partial charge in [-0.2, -0.15) is 0 Å². The molecule has 110 valence electrons. The Morgan fingerprint density at radius 3 is 2.65 bits per heavy atom. The number of nitrogens with zero attached hydrogens (tertiary/aromatic N) is 1. The Balaban J connectivity index is 1.65. The van der Waals surface area contributed by atoms with E-state index in [0.29, 0.717) is 6.04 Å². The van der Waals surface area contributed by atoms with Crippen LogP contribution < -0.4 is 10.2 Å². The number of anilines is 1. The third-order valence-electron chi connectivity index (χ3n) is 4.30. The van der Waals surface area contributed by atoms with Crippen LogP contribution in [0.25, 0.3) is 0 Å². The van der Waals surface area contributed by atoms with Crippen LogP contribution in [0.15, 0.2) is 22.7 Å². The smallest absolute Gasteiger partial charge is 0.0510 e. The van der Waals surface area contributed by atoms with Gasteiger partial charge >= 0.3 is 0 Å². The fourth-order valence-electron chi connectivity index (χ4n) is 2.77. The van der Waals surface area contributed by atoms with Gasteiger partial charge in [0.2, 0.25) is 0 Å². The Bertz CT molecular complexity index is 456. The summed E-state index contributed by atoms with van der Waals surface area (Å²) in [5.41, 5.74) is 2.64. The molecule has 2 fully saturated rings. The van der Waals surface area contributed by atoms with Crippen LogP contribution in [0, 0.1) is 0 Å². The lowest BCUT2D eigenvalue weighted by atomic mass is 10.1. The molecule has 1 saturated carbocycles. The molecule has 1 aromatic rings. The average molecular weight is 339 g/mol. The quantitative estimate of drug-likeness (QED) is 0.891. The molecule has 20 heavy (non-hydrogen) atoms. The molecule has 2 aliphatic rings. The number of benzene rings is 1. The van der Waals surface area contributed by atoms with Gasteiger partial charge in [0.15, 0.2) is 0 Å². The highest BCUT2D eigenvalue weighted by Crippen LogP contribution is 2.30. The number of nitrogens with one attached hydrogen (secondary N) is 1. The molecule has 1 aliphatic heterocycles. The van der Waals surface area contributed by atoms with E-state index in [1.165, 1.54) is 28.6 Å². The van der Waals surface area contributed by atoms with Crippen molar-refractivity contribution in [3.05, 3.63) is 28.2 Å². The first kappa shape index (κ1) is 14.4. The largest absolute Gasteiger partial charge is 0.381 e. The van der Waals surface area contributed by atoms with Gasteiger partial charge in [0.25, 0.3) is 0 Å². The summed E-state index contributed by atoms with van der Waals surface area (Å²) in [5.74, 6) is 0. The lowest BCUT2D eigenvalue weighted by Gasteiger charge is -2.33. The molecule has 0 atom stereocenters. The Hall–Kier alpha value is -0.580. The molecule has 1 N–H and O–H groups in total. The fraction of sp³-hybridized carbons (Fsp3) is 0.625. The second kappa shape index (κ2) is 6.46. The topological polar surface area (TPSA) is 24.5 Å². The van der Waals surface area contributed by atoms with E-state index in [1.54, 1.807) is 0 Å². The number of rotatable bonds is 5. The zero-order chi connectivity index (χ0) is 13.9. The summed E-state index contributed by atoms with van der Waals surface area (Å²) < 4.78 is 6.64. The summed E-state index contributed by atoms with van der Waals surface area (Å²) in [6.45, 7) is 2.75. The lowest BCUT2D eigenvalue weighted by Crippen LogP contribution is -2.36. The molecular formula is C16H23BrN2O. The summed E-state index contributed by atoms with van der Waals surface area (Å²) in [6, 6.07) is 8.09. The van der Waals surface area contributed by atoms with Gasteiger partial charge in [-0.05, 0) is 59.3 Å². The SMILES string of the molecule is CN(c1ccc(CNC2CC2)cc1Br)C1CCOCC1. The number of ether oxygens (including phenoxy) is 1. The predicted molar refractivity (Wildman–Crippen MR) is 86.2 cm³/mol. The van der Waals surface area contributed by atoms with Crippen LogP contribution in [0.2, 0.25) is 0 Å². The second-order valence-electron chi connectivity index (χ2n) is 5.90. The van der Waals surface area contributed by atoms with Gasteiger partial charge in [-0.3, -0.25) is 0 Å². The van der Waals surface area contributed by atoms with E-state index >= 15 is 0 Å². The zero-order valence-corrected chi connectivity index (χ0v) is 13.7. The minimum Gasteiger partial charge on any atom is -0.381 e.